The van der Waals surface area contributed by atoms with Gasteiger partial charge >= 0.3 is 0 Å². The van der Waals surface area contributed by atoms with Crippen molar-refractivity contribution < 1.29 is 9.47 Å². The lowest BCUT2D eigenvalue weighted by Crippen LogP contribution is -2.20. The number of H-pyrrole nitrogens is 1. The van der Waals surface area contributed by atoms with Crippen LogP contribution in [0.2, 0.25) is 0 Å². The van der Waals surface area contributed by atoms with Gasteiger partial charge in [0.05, 0.1) is 37.6 Å². The van der Waals surface area contributed by atoms with Crippen molar-refractivity contribution in [2.45, 2.75) is 20.0 Å². The number of aromatic amines is 1. The van der Waals surface area contributed by atoms with E-state index >= 15 is 0 Å². The number of methoxy groups -OCH3 is 2. The highest BCUT2D eigenvalue weighted by Gasteiger charge is 2.17. The summed E-state index contributed by atoms with van der Waals surface area (Å²) in [6.45, 7) is 2.74. The highest BCUT2D eigenvalue weighted by molar-refractivity contribution is 6.04. The van der Waals surface area contributed by atoms with E-state index in [2.05, 4.69) is 19.9 Å². The lowest BCUT2D eigenvalue weighted by Gasteiger charge is -2.18. The van der Waals surface area contributed by atoms with Crippen LogP contribution in [0.15, 0.2) is 59.7 Å². The number of hydrogen-bond acceptors (Lipinski definition) is 7. The Morgan fingerprint density at radius 2 is 1.94 bits per heavy atom. The highest BCUT2D eigenvalue weighted by atomic mass is 16.5. The van der Waals surface area contributed by atoms with Gasteiger partial charge in [0.25, 0.3) is 0 Å². The monoisotopic (exact) mass is 467 g/mol. The molecule has 0 bridgehead atoms. The molecule has 0 aliphatic rings. The van der Waals surface area contributed by atoms with Gasteiger partial charge in [-0.1, -0.05) is 6.07 Å². The molecule has 2 radical (unpaired) electrons. The van der Waals surface area contributed by atoms with E-state index in [1.807, 2.05) is 49.4 Å². The predicted octanol–water partition coefficient (Wildman–Crippen LogP) is 3.56. The Bertz CT molecular complexity index is 1320. The second-order valence-electron chi connectivity index (χ2n) is 7.84. The third-order valence-corrected chi connectivity index (χ3v) is 5.34. The minimum atomic E-state index is 0.363. The molecular formula is C25H26BN7O2. The molecule has 0 atom stereocenters. The molecule has 0 fully saturated rings. The first-order valence-electron chi connectivity index (χ1n) is 10.9. The summed E-state index contributed by atoms with van der Waals surface area (Å²) in [6, 6.07) is 15.2. The zero-order valence-electron chi connectivity index (χ0n) is 19.9. The van der Waals surface area contributed by atoms with Gasteiger partial charge in [0.1, 0.15) is 17.3 Å². The maximum Gasteiger partial charge on any atom is 0.183 e. The van der Waals surface area contributed by atoms with Crippen LogP contribution in [-0.2, 0) is 13.1 Å². The number of aliphatic imine (C=N–C) groups is 1. The number of nitrogens with one attached hydrogen (secondary N) is 1. The quantitative estimate of drug-likeness (QED) is 0.220. The third-order valence-electron chi connectivity index (χ3n) is 5.34. The minimum Gasteiger partial charge on any atom is -0.497 e. The number of nitrogens with two attached hydrogens (primary N) is 1. The maximum atomic E-state index is 6.39. The van der Waals surface area contributed by atoms with Crippen molar-refractivity contribution in [1.82, 2.24) is 24.7 Å². The van der Waals surface area contributed by atoms with Crippen LogP contribution in [0.1, 0.15) is 17.1 Å². The summed E-state index contributed by atoms with van der Waals surface area (Å²) in [5.41, 5.74) is 10.3. The van der Waals surface area contributed by atoms with E-state index in [9.17, 15) is 0 Å². The lowest BCUT2D eigenvalue weighted by atomic mass is 10.1. The molecule has 0 unspecified atom stereocenters. The second-order valence-corrected chi connectivity index (χ2v) is 7.84. The van der Waals surface area contributed by atoms with Crippen LogP contribution in [0.5, 0.6) is 11.5 Å². The Labute approximate surface area is 205 Å². The fraction of sp³-hybridized carbons (Fsp3) is 0.200. The maximum absolute atomic E-state index is 6.39. The summed E-state index contributed by atoms with van der Waals surface area (Å²) in [4.78, 5) is 22.9. The average molecular weight is 467 g/mol. The number of benzene rings is 1. The number of nitrogens with zero attached hydrogens (tertiary/aromatic N) is 5. The largest absolute Gasteiger partial charge is 0.497 e. The first-order chi connectivity index (χ1) is 17.0. The molecule has 0 aliphatic heterocycles. The molecule has 35 heavy (non-hydrogen) atoms. The smallest absolute Gasteiger partial charge is 0.183 e. The molecule has 0 saturated carbocycles. The molecule has 4 aromatic rings. The zero-order valence-corrected chi connectivity index (χ0v) is 19.9. The van der Waals surface area contributed by atoms with Gasteiger partial charge in [0.15, 0.2) is 13.8 Å². The first kappa shape index (κ1) is 24.0. The van der Waals surface area contributed by atoms with Gasteiger partial charge in [0, 0.05) is 36.1 Å². The van der Waals surface area contributed by atoms with Crippen molar-refractivity contribution in [3.05, 3.63) is 71.8 Å². The van der Waals surface area contributed by atoms with E-state index in [1.54, 1.807) is 31.3 Å². The predicted molar refractivity (Wildman–Crippen MR) is 137 cm³/mol. The molecule has 4 rings (SSSR count). The summed E-state index contributed by atoms with van der Waals surface area (Å²) < 4.78 is 10.8. The molecule has 3 aromatic heterocycles. The van der Waals surface area contributed by atoms with Crippen LogP contribution >= 0.6 is 0 Å². The lowest BCUT2D eigenvalue weighted by molar-refractivity contribution is 0.379. The van der Waals surface area contributed by atoms with Gasteiger partial charge in [-0.15, -0.1) is 0 Å². The Balaban J connectivity index is 1.65. The average Bonchev–Trinajstić information content (AvgIpc) is 3.28. The topological polar surface area (TPSA) is 115 Å². The van der Waals surface area contributed by atoms with Gasteiger partial charge in [-0.25, -0.2) is 15.0 Å². The van der Waals surface area contributed by atoms with Crippen LogP contribution in [0.4, 0.5) is 5.82 Å². The second kappa shape index (κ2) is 10.8. The number of aromatic nitrogens is 4. The molecule has 0 amide bonds. The Hall–Kier alpha value is -4.18. The molecule has 9 nitrogen and oxygen atoms in total. The molecule has 3 N–H and O–H groups in total. The van der Waals surface area contributed by atoms with Crippen molar-refractivity contribution in [2.24, 2.45) is 10.7 Å². The SMILES string of the molecule is [B]N(Cc1nc(-c2ccc(N=CN)nc2)c(-c2cccc(C)n2)[nH]1)Cc1cc(OC)ccc1OC. The number of hydrogen-bond donors (Lipinski definition) is 2. The molecule has 1 aromatic carbocycles. The van der Waals surface area contributed by atoms with Crippen molar-refractivity contribution in [3.8, 4) is 34.1 Å². The van der Waals surface area contributed by atoms with Gasteiger partial charge < -0.3 is 25.0 Å². The van der Waals surface area contributed by atoms with Crippen LogP contribution < -0.4 is 15.2 Å². The van der Waals surface area contributed by atoms with Crippen molar-refractivity contribution in [2.75, 3.05) is 14.2 Å². The third kappa shape index (κ3) is 5.67. The van der Waals surface area contributed by atoms with E-state index in [-0.39, 0.29) is 0 Å². The first-order valence-corrected chi connectivity index (χ1v) is 10.9. The van der Waals surface area contributed by atoms with E-state index in [1.165, 1.54) is 6.34 Å². The number of ether oxygens (including phenoxy) is 2. The summed E-state index contributed by atoms with van der Waals surface area (Å²) in [5.74, 6) is 2.67. The Morgan fingerprint density at radius 1 is 1.09 bits per heavy atom. The molecule has 0 spiro atoms. The standard InChI is InChI=1S/C25H26BN7O2/c1-16-5-4-6-20(30-16)25-24(17-7-10-22(28-12-17)29-15-27)31-23(32-25)14-33(26)13-18-11-19(34-2)8-9-21(18)35-3/h4-12,15H,13-14H2,1-3H3,(H,31,32)(H2,27,28,29). The summed E-state index contributed by atoms with van der Waals surface area (Å²) >= 11 is 0. The molecule has 0 saturated heterocycles. The van der Waals surface area contributed by atoms with Crippen LogP contribution in [0, 0.1) is 6.92 Å². The van der Waals surface area contributed by atoms with Crippen molar-refractivity contribution in [1.29, 1.82) is 0 Å². The molecule has 0 aliphatic carbocycles. The number of imidazole rings is 1. The fourth-order valence-electron chi connectivity index (χ4n) is 3.73. The van der Waals surface area contributed by atoms with Gasteiger partial charge in [-0.05, 0) is 49.4 Å². The van der Waals surface area contributed by atoms with E-state index in [0.29, 0.717) is 24.7 Å². The zero-order chi connectivity index (χ0) is 24.8. The van der Waals surface area contributed by atoms with Gasteiger partial charge in [0.2, 0.25) is 0 Å². The normalized spacial score (nSPS) is 11.3. The van der Waals surface area contributed by atoms with Crippen molar-refractivity contribution >= 4 is 20.1 Å². The minimum absolute atomic E-state index is 0.363. The van der Waals surface area contributed by atoms with Gasteiger partial charge in [-0.3, -0.25) is 4.98 Å². The molecule has 3 heterocycles. The van der Waals surface area contributed by atoms with E-state index in [4.69, 9.17) is 28.2 Å². The van der Waals surface area contributed by atoms with Crippen LogP contribution in [0.3, 0.4) is 0 Å². The van der Waals surface area contributed by atoms with E-state index < -0.39 is 0 Å². The number of pyridine rings is 2. The summed E-state index contributed by atoms with van der Waals surface area (Å²) in [7, 11) is 9.64. The molecule has 10 heteroatoms. The summed E-state index contributed by atoms with van der Waals surface area (Å²) in [5, 5.41) is 0. The number of aryl methyl sites for hydroxylation is 1. The van der Waals surface area contributed by atoms with Crippen LogP contribution in [0.25, 0.3) is 22.6 Å². The fourth-order valence-corrected chi connectivity index (χ4v) is 3.73. The van der Waals surface area contributed by atoms with Crippen molar-refractivity contribution in [3.63, 3.8) is 0 Å². The van der Waals surface area contributed by atoms with Crippen LogP contribution in [-0.4, -0.2) is 53.3 Å². The molecular weight excluding hydrogens is 441 g/mol. The Morgan fingerprint density at radius 3 is 2.63 bits per heavy atom. The molecule has 176 valence electrons. The van der Waals surface area contributed by atoms with Gasteiger partial charge in [-0.2, -0.15) is 0 Å². The summed E-state index contributed by atoms with van der Waals surface area (Å²) in [6.07, 6.45) is 2.92. The number of rotatable bonds is 9. The van der Waals surface area contributed by atoms with E-state index in [0.717, 1.165) is 45.4 Å². The highest BCUT2D eigenvalue weighted by Crippen LogP contribution is 2.30. The Kier molecular flexibility index (Phi) is 7.42.